The van der Waals surface area contributed by atoms with Gasteiger partial charge in [-0.2, -0.15) is 0 Å². The third kappa shape index (κ3) is 5.54. The maximum absolute atomic E-state index is 13.1. The van der Waals surface area contributed by atoms with E-state index in [9.17, 15) is 4.79 Å². The molecule has 2 heterocycles. The number of nitrogens with zero attached hydrogens (tertiary/aromatic N) is 3. The largest absolute Gasteiger partial charge is 0.443 e. The third-order valence-electron chi connectivity index (χ3n) is 7.02. The van der Waals surface area contributed by atoms with Crippen LogP contribution in [0, 0.1) is 0 Å². The summed E-state index contributed by atoms with van der Waals surface area (Å²) in [4.78, 5) is 23.1. The van der Waals surface area contributed by atoms with E-state index in [0.29, 0.717) is 12.4 Å². The first-order valence-corrected chi connectivity index (χ1v) is 13.8. The fourth-order valence-electron chi connectivity index (χ4n) is 5.15. The molecular weight excluding hydrogens is 508 g/mol. The van der Waals surface area contributed by atoms with Crippen molar-refractivity contribution in [3.8, 4) is 11.4 Å². The molecule has 6 heteroatoms. The number of fused-ring (bicyclic) bond motifs is 2. The van der Waals surface area contributed by atoms with Crippen LogP contribution in [0.1, 0.15) is 37.8 Å². The Bertz CT molecular complexity index is 1780. The maximum Gasteiger partial charge on any atom is 0.419 e. The monoisotopic (exact) mass is 540 g/mol. The molecule has 41 heavy (non-hydrogen) atoms. The highest BCUT2D eigenvalue weighted by Gasteiger charge is 2.23. The molecule has 0 radical (unpaired) electrons. The second-order valence-corrected chi connectivity index (χ2v) is 11.1. The molecular formula is C35H32N4O2. The van der Waals surface area contributed by atoms with Gasteiger partial charge in [-0.25, -0.2) is 14.8 Å². The predicted molar refractivity (Wildman–Crippen MR) is 165 cm³/mol. The van der Waals surface area contributed by atoms with Crippen LogP contribution in [0.25, 0.3) is 33.2 Å². The van der Waals surface area contributed by atoms with Crippen LogP contribution in [-0.2, 0) is 4.74 Å². The van der Waals surface area contributed by atoms with Gasteiger partial charge < -0.3 is 10.1 Å². The van der Waals surface area contributed by atoms with E-state index in [4.69, 9.17) is 14.7 Å². The summed E-state index contributed by atoms with van der Waals surface area (Å²) in [6.45, 7) is 6.23. The van der Waals surface area contributed by atoms with Gasteiger partial charge in [0.2, 0.25) is 0 Å². The molecule has 0 fully saturated rings. The molecule has 0 saturated heterocycles. The second kappa shape index (κ2) is 10.9. The van der Waals surface area contributed by atoms with Gasteiger partial charge in [0.1, 0.15) is 11.4 Å². The smallest absolute Gasteiger partial charge is 0.419 e. The molecule has 0 unspecified atom stereocenters. The standard InChI is InChI=1S/C35H32N4O2/c1-35(2,3)41-34(40)39-23-29(26-18-11-13-21-31(26)39)33-37-30-20-12-10-19-27(30)32(38-33)36-22-28(24-14-6-4-7-15-24)25-16-8-5-9-17-25/h4-21,23,28H,22H2,1-3H3,(H,36,37,38). The van der Waals surface area contributed by atoms with Crippen molar-refractivity contribution in [3.63, 3.8) is 0 Å². The molecule has 204 valence electrons. The summed E-state index contributed by atoms with van der Waals surface area (Å²) in [5.41, 5.74) is 4.17. The van der Waals surface area contributed by atoms with Gasteiger partial charge in [-0.15, -0.1) is 0 Å². The van der Waals surface area contributed by atoms with E-state index in [1.807, 2.05) is 81.4 Å². The Morgan fingerprint density at radius 2 is 1.37 bits per heavy atom. The first kappa shape index (κ1) is 26.3. The van der Waals surface area contributed by atoms with E-state index in [1.165, 1.54) is 11.1 Å². The van der Waals surface area contributed by atoms with Crippen molar-refractivity contribution in [1.82, 2.24) is 14.5 Å². The van der Waals surface area contributed by atoms with Crippen molar-refractivity contribution in [3.05, 3.63) is 127 Å². The Labute approximate surface area is 239 Å². The zero-order valence-electron chi connectivity index (χ0n) is 23.4. The molecule has 6 rings (SSSR count). The van der Waals surface area contributed by atoms with Crippen LogP contribution in [0.4, 0.5) is 10.6 Å². The molecule has 0 aliphatic rings. The van der Waals surface area contributed by atoms with Gasteiger partial charge in [0.15, 0.2) is 5.82 Å². The highest BCUT2D eigenvalue weighted by Crippen LogP contribution is 2.33. The first-order chi connectivity index (χ1) is 19.9. The Hall–Kier alpha value is -4.97. The summed E-state index contributed by atoms with van der Waals surface area (Å²) in [5, 5.41) is 5.47. The molecule has 6 aromatic rings. The van der Waals surface area contributed by atoms with Crippen LogP contribution in [0.2, 0.25) is 0 Å². The molecule has 0 aliphatic carbocycles. The van der Waals surface area contributed by atoms with Gasteiger partial charge in [0, 0.05) is 35.0 Å². The highest BCUT2D eigenvalue weighted by molar-refractivity contribution is 6.00. The third-order valence-corrected chi connectivity index (χ3v) is 7.02. The van der Waals surface area contributed by atoms with Crippen LogP contribution >= 0.6 is 0 Å². The van der Waals surface area contributed by atoms with Crippen molar-refractivity contribution < 1.29 is 9.53 Å². The number of carbonyl (C=O) groups is 1. The van der Waals surface area contributed by atoms with Crippen molar-refractivity contribution in [2.75, 3.05) is 11.9 Å². The van der Waals surface area contributed by atoms with Gasteiger partial charge in [0.25, 0.3) is 0 Å². The molecule has 0 amide bonds. The van der Waals surface area contributed by atoms with Gasteiger partial charge >= 0.3 is 6.09 Å². The maximum atomic E-state index is 13.1. The lowest BCUT2D eigenvalue weighted by atomic mass is 9.91. The number of aromatic nitrogens is 3. The number of hydrogen-bond donors (Lipinski definition) is 1. The average molecular weight is 541 g/mol. The normalized spacial score (nSPS) is 11.7. The zero-order chi connectivity index (χ0) is 28.4. The molecule has 6 nitrogen and oxygen atoms in total. The lowest BCUT2D eigenvalue weighted by molar-refractivity contribution is 0.0544. The summed E-state index contributed by atoms with van der Waals surface area (Å²) in [6.07, 6.45) is 1.34. The molecule has 0 saturated carbocycles. The van der Waals surface area contributed by atoms with Gasteiger partial charge in [-0.05, 0) is 50.1 Å². The minimum atomic E-state index is -0.618. The summed E-state index contributed by atoms with van der Waals surface area (Å²) < 4.78 is 7.24. The number of nitrogens with one attached hydrogen (secondary N) is 1. The van der Waals surface area contributed by atoms with Crippen molar-refractivity contribution in [1.29, 1.82) is 0 Å². The van der Waals surface area contributed by atoms with E-state index < -0.39 is 11.7 Å². The lowest BCUT2D eigenvalue weighted by Gasteiger charge is -2.20. The van der Waals surface area contributed by atoms with Crippen molar-refractivity contribution >= 4 is 33.7 Å². The number of carbonyl (C=O) groups excluding carboxylic acids is 1. The van der Waals surface area contributed by atoms with Crippen molar-refractivity contribution in [2.24, 2.45) is 0 Å². The van der Waals surface area contributed by atoms with Crippen LogP contribution in [0.3, 0.4) is 0 Å². The van der Waals surface area contributed by atoms with Gasteiger partial charge in [-0.3, -0.25) is 4.57 Å². The number of rotatable bonds is 6. The lowest BCUT2D eigenvalue weighted by Crippen LogP contribution is -2.26. The topological polar surface area (TPSA) is 69.0 Å². The van der Waals surface area contributed by atoms with E-state index in [2.05, 4.69) is 53.8 Å². The SMILES string of the molecule is CC(C)(C)OC(=O)n1cc(-c2nc(NCC(c3ccccc3)c3ccccc3)c3ccccc3n2)c2ccccc21. The Morgan fingerprint density at radius 3 is 2.02 bits per heavy atom. The number of para-hydroxylation sites is 2. The quantitative estimate of drug-likeness (QED) is 0.230. The fraction of sp³-hybridized carbons (Fsp3) is 0.171. The minimum absolute atomic E-state index is 0.128. The van der Waals surface area contributed by atoms with Gasteiger partial charge in [0.05, 0.1) is 11.0 Å². The molecule has 4 aromatic carbocycles. The van der Waals surface area contributed by atoms with Crippen LogP contribution in [0.15, 0.2) is 115 Å². The van der Waals surface area contributed by atoms with E-state index >= 15 is 0 Å². The summed E-state index contributed by atoms with van der Waals surface area (Å²) in [5.74, 6) is 1.42. The molecule has 0 atom stereocenters. The fourth-order valence-corrected chi connectivity index (χ4v) is 5.15. The Balaban J connectivity index is 1.43. The van der Waals surface area contributed by atoms with Gasteiger partial charge in [-0.1, -0.05) is 91.0 Å². The number of benzene rings is 4. The number of ether oxygens (including phenoxy) is 1. The van der Waals surface area contributed by atoms with E-state index in [1.54, 1.807) is 10.8 Å². The van der Waals surface area contributed by atoms with E-state index in [0.717, 1.165) is 33.2 Å². The van der Waals surface area contributed by atoms with Crippen molar-refractivity contribution in [2.45, 2.75) is 32.3 Å². The second-order valence-electron chi connectivity index (χ2n) is 11.1. The Morgan fingerprint density at radius 1 is 0.780 bits per heavy atom. The predicted octanol–water partition coefficient (Wildman–Crippen LogP) is 8.28. The highest BCUT2D eigenvalue weighted by atomic mass is 16.6. The average Bonchev–Trinajstić information content (AvgIpc) is 3.37. The zero-order valence-corrected chi connectivity index (χ0v) is 23.4. The summed E-state index contributed by atoms with van der Waals surface area (Å²) in [7, 11) is 0. The molecule has 0 bridgehead atoms. The van der Waals surface area contributed by atoms with Crippen LogP contribution in [-0.4, -0.2) is 32.8 Å². The van der Waals surface area contributed by atoms with E-state index in [-0.39, 0.29) is 5.92 Å². The Kier molecular flexibility index (Phi) is 6.98. The first-order valence-electron chi connectivity index (χ1n) is 13.8. The molecule has 1 N–H and O–H groups in total. The number of hydrogen-bond acceptors (Lipinski definition) is 5. The summed E-state index contributed by atoms with van der Waals surface area (Å²) in [6, 6.07) is 36.8. The summed E-state index contributed by atoms with van der Waals surface area (Å²) >= 11 is 0. The van der Waals surface area contributed by atoms with Crippen LogP contribution in [0.5, 0.6) is 0 Å². The molecule has 2 aromatic heterocycles. The molecule has 0 aliphatic heterocycles. The number of anilines is 1. The minimum Gasteiger partial charge on any atom is -0.443 e. The molecule has 0 spiro atoms. The van der Waals surface area contributed by atoms with Crippen LogP contribution < -0.4 is 5.32 Å².